The van der Waals surface area contributed by atoms with Crippen LogP contribution in [0.2, 0.25) is 5.02 Å². The van der Waals surface area contributed by atoms with Gasteiger partial charge < -0.3 is 5.73 Å². The quantitative estimate of drug-likeness (QED) is 0.811. The topological polar surface area (TPSA) is 26.0 Å². The molecule has 1 aliphatic rings. The second kappa shape index (κ2) is 3.92. The maximum Gasteiger partial charge on any atom is 0.0438 e. The van der Waals surface area contributed by atoms with E-state index in [9.17, 15) is 0 Å². The zero-order valence-corrected chi connectivity index (χ0v) is 9.22. The monoisotopic (exact) mass is 209 g/mol. The van der Waals surface area contributed by atoms with Crippen LogP contribution in [0.3, 0.4) is 0 Å². The first-order valence-corrected chi connectivity index (χ1v) is 5.56. The molecule has 1 saturated carbocycles. The molecule has 2 N–H and O–H groups in total. The molecule has 0 spiro atoms. The molecule has 1 nitrogen and oxygen atoms in total. The van der Waals surface area contributed by atoms with E-state index in [0.717, 1.165) is 22.9 Å². The van der Waals surface area contributed by atoms with Gasteiger partial charge in [0.15, 0.2) is 0 Å². The Morgan fingerprint density at radius 1 is 1.50 bits per heavy atom. The van der Waals surface area contributed by atoms with E-state index in [1.807, 2.05) is 19.1 Å². The summed E-state index contributed by atoms with van der Waals surface area (Å²) in [5.41, 5.74) is 8.39. The molecule has 0 saturated heterocycles. The number of hydrogen-bond acceptors (Lipinski definition) is 1. The molecule has 1 fully saturated rings. The normalized spacial score (nSPS) is 18.2. The van der Waals surface area contributed by atoms with Gasteiger partial charge in [-0.15, -0.1) is 0 Å². The van der Waals surface area contributed by atoms with Crippen molar-refractivity contribution in [3.8, 4) is 0 Å². The van der Waals surface area contributed by atoms with Crippen LogP contribution < -0.4 is 5.73 Å². The molecule has 1 aromatic carbocycles. The molecule has 0 amide bonds. The van der Waals surface area contributed by atoms with Crippen LogP contribution in [-0.4, -0.2) is 0 Å². The Bertz CT molecular complexity index is 331. The van der Waals surface area contributed by atoms with E-state index in [0.29, 0.717) is 0 Å². The second-order valence-electron chi connectivity index (χ2n) is 4.29. The van der Waals surface area contributed by atoms with Crippen molar-refractivity contribution in [3.63, 3.8) is 0 Å². The predicted octanol–water partition coefficient (Wildman–Crippen LogP) is 3.45. The van der Waals surface area contributed by atoms with Gasteiger partial charge in [0.25, 0.3) is 0 Å². The average molecular weight is 210 g/mol. The highest BCUT2D eigenvalue weighted by Gasteiger charge is 2.24. The molecule has 0 aliphatic heterocycles. The van der Waals surface area contributed by atoms with Crippen molar-refractivity contribution in [2.24, 2.45) is 11.7 Å². The van der Waals surface area contributed by atoms with Crippen LogP contribution in [0.15, 0.2) is 18.2 Å². The number of rotatable bonds is 3. The molecule has 0 heterocycles. The molecule has 1 aromatic rings. The van der Waals surface area contributed by atoms with Gasteiger partial charge in [-0.05, 0) is 36.5 Å². The van der Waals surface area contributed by atoms with Crippen LogP contribution in [0, 0.1) is 12.8 Å². The van der Waals surface area contributed by atoms with Gasteiger partial charge in [-0.2, -0.15) is 0 Å². The fraction of sp³-hybridized carbons (Fsp3) is 0.500. The van der Waals surface area contributed by atoms with Crippen LogP contribution >= 0.6 is 11.6 Å². The summed E-state index contributed by atoms with van der Waals surface area (Å²) in [5.74, 6) is 0.866. The summed E-state index contributed by atoms with van der Waals surface area (Å²) < 4.78 is 0. The third-order valence-corrected chi connectivity index (χ3v) is 3.32. The molecule has 0 bridgehead atoms. The zero-order valence-electron chi connectivity index (χ0n) is 8.46. The molecular formula is C12H16ClN. The zero-order chi connectivity index (χ0) is 10.1. The lowest BCUT2D eigenvalue weighted by Crippen LogP contribution is -2.10. The Morgan fingerprint density at radius 2 is 2.21 bits per heavy atom. The minimum absolute atomic E-state index is 0.167. The highest BCUT2D eigenvalue weighted by Crippen LogP contribution is 2.37. The van der Waals surface area contributed by atoms with E-state index in [2.05, 4.69) is 6.07 Å². The number of aryl methyl sites for hydroxylation is 1. The van der Waals surface area contributed by atoms with Crippen molar-refractivity contribution < 1.29 is 0 Å². The molecular weight excluding hydrogens is 194 g/mol. The van der Waals surface area contributed by atoms with E-state index >= 15 is 0 Å². The average Bonchev–Trinajstić information content (AvgIpc) is 2.93. The van der Waals surface area contributed by atoms with Crippen molar-refractivity contribution in [1.82, 2.24) is 0 Å². The third kappa shape index (κ3) is 2.28. The summed E-state index contributed by atoms with van der Waals surface area (Å²) in [6.07, 6.45) is 3.82. The molecule has 14 heavy (non-hydrogen) atoms. The minimum atomic E-state index is 0.167. The predicted molar refractivity (Wildman–Crippen MR) is 60.5 cm³/mol. The van der Waals surface area contributed by atoms with E-state index in [-0.39, 0.29) is 6.04 Å². The summed E-state index contributed by atoms with van der Waals surface area (Å²) in [6, 6.07) is 6.31. The maximum atomic E-state index is 6.10. The maximum absolute atomic E-state index is 6.10. The molecule has 76 valence electrons. The fourth-order valence-corrected chi connectivity index (χ4v) is 1.88. The third-order valence-electron chi connectivity index (χ3n) is 2.91. The molecule has 1 atom stereocenters. The van der Waals surface area contributed by atoms with Gasteiger partial charge in [-0.3, -0.25) is 0 Å². The van der Waals surface area contributed by atoms with Gasteiger partial charge in [0, 0.05) is 11.1 Å². The molecule has 2 rings (SSSR count). The van der Waals surface area contributed by atoms with E-state index in [1.165, 1.54) is 18.4 Å². The van der Waals surface area contributed by atoms with Gasteiger partial charge >= 0.3 is 0 Å². The van der Waals surface area contributed by atoms with Crippen molar-refractivity contribution in [2.75, 3.05) is 0 Å². The molecule has 0 radical (unpaired) electrons. The molecule has 0 unspecified atom stereocenters. The summed E-state index contributed by atoms with van der Waals surface area (Å²) in [4.78, 5) is 0. The van der Waals surface area contributed by atoms with Gasteiger partial charge in [0.05, 0.1) is 0 Å². The van der Waals surface area contributed by atoms with Gasteiger partial charge in [-0.1, -0.05) is 36.6 Å². The smallest absolute Gasteiger partial charge is 0.0438 e. The Hall–Kier alpha value is -0.530. The van der Waals surface area contributed by atoms with Gasteiger partial charge in [-0.25, -0.2) is 0 Å². The Kier molecular flexibility index (Phi) is 2.80. The first-order chi connectivity index (χ1) is 6.66. The molecule has 0 aromatic heterocycles. The summed E-state index contributed by atoms with van der Waals surface area (Å²) in [7, 11) is 0. The summed E-state index contributed by atoms with van der Waals surface area (Å²) >= 11 is 6.05. The lowest BCUT2D eigenvalue weighted by molar-refractivity contribution is 0.597. The van der Waals surface area contributed by atoms with Gasteiger partial charge in [0.1, 0.15) is 0 Å². The number of nitrogens with two attached hydrogens (primary N) is 1. The lowest BCUT2D eigenvalue weighted by Gasteiger charge is -2.12. The summed E-state index contributed by atoms with van der Waals surface area (Å²) in [6.45, 7) is 2.01. The van der Waals surface area contributed by atoms with Crippen LogP contribution in [0.1, 0.15) is 36.4 Å². The van der Waals surface area contributed by atoms with Crippen LogP contribution in [0.4, 0.5) is 0 Å². The standard InChI is InChI=1S/C12H16ClN/c1-8-2-5-10(7-11(8)13)12(14)6-9-3-4-9/h2,5,7,9,12H,3-4,6,14H2,1H3/t12-/m1/s1. The second-order valence-corrected chi connectivity index (χ2v) is 4.70. The van der Waals surface area contributed by atoms with Crippen molar-refractivity contribution >= 4 is 11.6 Å². The minimum Gasteiger partial charge on any atom is -0.324 e. The van der Waals surface area contributed by atoms with Crippen LogP contribution in [0.5, 0.6) is 0 Å². The number of hydrogen-bond donors (Lipinski definition) is 1. The number of halogens is 1. The number of benzene rings is 1. The first kappa shape index (κ1) is 10.0. The molecule has 1 aliphatic carbocycles. The van der Waals surface area contributed by atoms with E-state index in [4.69, 9.17) is 17.3 Å². The van der Waals surface area contributed by atoms with Crippen molar-refractivity contribution in [3.05, 3.63) is 34.3 Å². The summed E-state index contributed by atoms with van der Waals surface area (Å²) in [5, 5.41) is 0.828. The van der Waals surface area contributed by atoms with Crippen LogP contribution in [-0.2, 0) is 0 Å². The van der Waals surface area contributed by atoms with Crippen LogP contribution in [0.25, 0.3) is 0 Å². The first-order valence-electron chi connectivity index (χ1n) is 5.18. The lowest BCUT2D eigenvalue weighted by atomic mass is 10.0. The molecule has 2 heteroatoms. The Labute approximate surface area is 90.3 Å². The Balaban J connectivity index is 2.10. The van der Waals surface area contributed by atoms with E-state index < -0.39 is 0 Å². The van der Waals surface area contributed by atoms with Gasteiger partial charge in [0.2, 0.25) is 0 Å². The largest absolute Gasteiger partial charge is 0.324 e. The van der Waals surface area contributed by atoms with E-state index in [1.54, 1.807) is 0 Å². The van der Waals surface area contributed by atoms with Crippen molar-refractivity contribution in [2.45, 2.75) is 32.2 Å². The van der Waals surface area contributed by atoms with Crippen molar-refractivity contribution in [1.29, 1.82) is 0 Å². The highest BCUT2D eigenvalue weighted by atomic mass is 35.5. The fourth-order valence-electron chi connectivity index (χ4n) is 1.69. The SMILES string of the molecule is Cc1ccc([C@H](N)CC2CC2)cc1Cl. The highest BCUT2D eigenvalue weighted by molar-refractivity contribution is 6.31. The Morgan fingerprint density at radius 3 is 2.79 bits per heavy atom.